The summed E-state index contributed by atoms with van der Waals surface area (Å²) >= 11 is 1.29. The number of ketones is 1. The van der Waals surface area contributed by atoms with E-state index < -0.39 is 0 Å². The first-order valence-corrected chi connectivity index (χ1v) is 10.2. The van der Waals surface area contributed by atoms with Crippen molar-refractivity contribution in [1.82, 2.24) is 4.98 Å². The van der Waals surface area contributed by atoms with Crippen molar-refractivity contribution in [2.45, 2.75) is 46.0 Å². The first-order valence-electron chi connectivity index (χ1n) is 9.37. The minimum Gasteiger partial charge on any atom is -0.381 e. The molecule has 144 valence electrons. The molecule has 6 heteroatoms. The van der Waals surface area contributed by atoms with Crippen LogP contribution in [0.3, 0.4) is 0 Å². The van der Waals surface area contributed by atoms with Gasteiger partial charge in [-0.05, 0) is 30.2 Å². The molecule has 0 atom stereocenters. The largest absolute Gasteiger partial charge is 0.381 e. The van der Waals surface area contributed by atoms with Gasteiger partial charge < -0.3 is 10.1 Å². The summed E-state index contributed by atoms with van der Waals surface area (Å²) in [4.78, 5) is 29.5. The van der Waals surface area contributed by atoms with Crippen LogP contribution in [0.5, 0.6) is 0 Å². The molecule has 0 fully saturated rings. The van der Waals surface area contributed by atoms with E-state index in [9.17, 15) is 9.59 Å². The van der Waals surface area contributed by atoms with E-state index in [0.717, 1.165) is 18.5 Å². The summed E-state index contributed by atoms with van der Waals surface area (Å²) in [5.41, 5.74) is 2.01. The summed E-state index contributed by atoms with van der Waals surface area (Å²) in [6.07, 6.45) is 3.24. The Kier molecular flexibility index (Phi) is 6.39. The van der Waals surface area contributed by atoms with E-state index in [-0.39, 0.29) is 17.1 Å². The Labute approximate surface area is 164 Å². The fraction of sp³-hybridized carbons (Fsp3) is 0.476. The maximum atomic E-state index is 12.2. The predicted octanol–water partition coefficient (Wildman–Crippen LogP) is 4.28. The molecule has 0 radical (unpaired) electrons. The van der Waals surface area contributed by atoms with Gasteiger partial charge in [-0.2, -0.15) is 0 Å². The lowest BCUT2D eigenvalue weighted by Gasteiger charge is -2.26. The van der Waals surface area contributed by atoms with Gasteiger partial charge in [-0.3, -0.25) is 9.59 Å². The molecule has 2 aromatic rings. The summed E-state index contributed by atoms with van der Waals surface area (Å²) in [7, 11) is 0. The number of carbonyl (C=O) groups is 2. The lowest BCUT2D eigenvalue weighted by atomic mass is 9.78. The molecule has 0 saturated heterocycles. The van der Waals surface area contributed by atoms with Gasteiger partial charge in [-0.15, -0.1) is 0 Å². The maximum Gasteiger partial charge on any atom is 0.226 e. The number of aromatic nitrogens is 1. The number of hydrogen-bond acceptors (Lipinski definition) is 5. The fourth-order valence-corrected chi connectivity index (χ4v) is 4.16. The number of rotatable bonds is 8. The maximum absolute atomic E-state index is 12.2. The van der Waals surface area contributed by atoms with Gasteiger partial charge in [-0.1, -0.05) is 55.5 Å². The van der Waals surface area contributed by atoms with Crippen molar-refractivity contribution in [1.29, 1.82) is 0 Å². The molecular weight excluding hydrogens is 360 g/mol. The Morgan fingerprint density at radius 3 is 2.78 bits per heavy atom. The van der Waals surface area contributed by atoms with Crippen LogP contribution < -0.4 is 5.32 Å². The summed E-state index contributed by atoms with van der Waals surface area (Å²) in [6.45, 7) is 5.36. The number of thiazole rings is 1. The summed E-state index contributed by atoms with van der Waals surface area (Å²) < 4.78 is 5.60. The lowest BCUT2D eigenvalue weighted by molar-refractivity contribution is -0.116. The molecule has 1 aromatic carbocycles. The average molecular weight is 387 g/mol. The van der Waals surface area contributed by atoms with Crippen LogP contribution in [-0.2, 0) is 22.4 Å². The molecular formula is C21H26N2O3S. The van der Waals surface area contributed by atoms with Crippen LogP contribution in [0, 0.1) is 5.41 Å². The quantitative estimate of drug-likeness (QED) is 0.688. The Morgan fingerprint density at radius 1 is 1.22 bits per heavy atom. The Bertz CT molecular complexity index is 799. The summed E-state index contributed by atoms with van der Waals surface area (Å²) in [5.74, 6) is 0.0468. The molecule has 3 rings (SSSR count). The van der Waals surface area contributed by atoms with E-state index in [0.29, 0.717) is 42.5 Å². The van der Waals surface area contributed by atoms with Gasteiger partial charge in [0.05, 0.1) is 17.2 Å². The molecule has 1 amide bonds. The number of benzene rings is 1. The van der Waals surface area contributed by atoms with Crippen molar-refractivity contribution >= 4 is 28.2 Å². The molecule has 1 aromatic heterocycles. The molecule has 1 N–H and O–H groups in total. The van der Waals surface area contributed by atoms with Gasteiger partial charge in [-0.25, -0.2) is 4.98 Å². The first-order chi connectivity index (χ1) is 12.9. The van der Waals surface area contributed by atoms with E-state index in [4.69, 9.17) is 4.74 Å². The zero-order valence-corrected chi connectivity index (χ0v) is 16.7. The zero-order chi connectivity index (χ0) is 19.3. The van der Waals surface area contributed by atoms with E-state index in [1.807, 2.05) is 18.2 Å². The van der Waals surface area contributed by atoms with Gasteiger partial charge in [0.15, 0.2) is 10.9 Å². The molecule has 5 nitrogen and oxygen atoms in total. The molecule has 27 heavy (non-hydrogen) atoms. The smallest absolute Gasteiger partial charge is 0.226 e. The normalized spacial score (nSPS) is 15.4. The number of nitrogens with zero attached hydrogens (tertiary/aromatic N) is 1. The van der Waals surface area contributed by atoms with Crippen molar-refractivity contribution in [3.8, 4) is 0 Å². The van der Waals surface area contributed by atoms with Crippen LogP contribution in [-0.4, -0.2) is 29.9 Å². The van der Waals surface area contributed by atoms with E-state index in [1.54, 1.807) is 0 Å². The number of anilines is 1. The van der Waals surface area contributed by atoms with Crippen LogP contribution in [0.25, 0.3) is 0 Å². The highest BCUT2D eigenvalue weighted by atomic mass is 32.1. The molecule has 1 aliphatic carbocycles. The van der Waals surface area contributed by atoms with Gasteiger partial charge in [0.2, 0.25) is 5.91 Å². The van der Waals surface area contributed by atoms with Gasteiger partial charge in [0.25, 0.3) is 0 Å². The number of Topliss-reactive ketones (excluding diaryl/α,β-unsaturated/α-hetero) is 1. The van der Waals surface area contributed by atoms with Gasteiger partial charge in [0, 0.05) is 19.4 Å². The van der Waals surface area contributed by atoms with E-state index in [1.165, 1.54) is 16.9 Å². The Morgan fingerprint density at radius 2 is 2.00 bits per heavy atom. The third-order valence-corrected chi connectivity index (χ3v) is 5.61. The molecule has 0 spiro atoms. The minimum absolute atomic E-state index is 0.0590. The molecule has 1 heterocycles. The van der Waals surface area contributed by atoms with E-state index in [2.05, 4.69) is 36.3 Å². The standard InChI is InChI=1S/C21H26N2O3S/c1-21(2)13-16-19(17(24)14-21)27-20(22-16)23-18(25)9-6-11-26-12-10-15-7-4-3-5-8-15/h3-5,7-8H,6,9-14H2,1-2H3,(H,22,23,25). The SMILES string of the molecule is CC1(C)CC(=O)c2sc(NC(=O)CCCOCCc3ccccc3)nc2C1. The second-order valence-electron chi connectivity index (χ2n) is 7.74. The third-order valence-electron chi connectivity index (χ3n) is 4.55. The van der Waals surface area contributed by atoms with Crippen LogP contribution in [0.4, 0.5) is 5.13 Å². The Balaban J connectivity index is 1.37. The second-order valence-corrected chi connectivity index (χ2v) is 8.73. The predicted molar refractivity (Wildman–Crippen MR) is 107 cm³/mol. The monoisotopic (exact) mass is 386 g/mol. The highest BCUT2D eigenvalue weighted by molar-refractivity contribution is 7.17. The lowest BCUT2D eigenvalue weighted by Crippen LogP contribution is -2.26. The summed E-state index contributed by atoms with van der Waals surface area (Å²) in [6, 6.07) is 10.2. The number of carbonyl (C=O) groups excluding carboxylic acids is 2. The van der Waals surface area contributed by atoms with Gasteiger partial charge >= 0.3 is 0 Å². The van der Waals surface area contributed by atoms with Crippen molar-refractivity contribution in [3.05, 3.63) is 46.5 Å². The fourth-order valence-electron chi connectivity index (χ4n) is 3.23. The topological polar surface area (TPSA) is 68.3 Å². The van der Waals surface area contributed by atoms with Crippen molar-refractivity contribution < 1.29 is 14.3 Å². The van der Waals surface area contributed by atoms with Crippen molar-refractivity contribution in [3.63, 3.8) is 0 Å². The molecule has 0 unspecified atom stereocenters. The third kappa shape index (κ3) is 5.71. The number of nitrogens with one attached hydrogen (secondary N) is 1. The molecule has 1 aliphatic rings. The van der Waals surface area contributed by atoms with E-state index >= 15 is 0 Å². The number of hydrogen-bond donors (Lipinski definition) is 1. The highest BCUT2D eigenvalue weighted by Crippen LogP contribution is 2.38. The average Bonchev–Trinajstić information content (AvgIpc) is 3.00. The van der Waals surface area contributed by atoms with Gasteiger partial charge in [0.1, 0.15) is 0 Å². The number of amides is 1. The van der Waals surface area contributed by atoms with Crippen LogP contribution in [0.1, 0.15) is 54.0 Å². The van der Waals surface area contributed by atoms with Crippen LogP contribution in [0.2, 0.25) is 0 Å². The van der Waals surface area contributed by atoms with Crippen molar-refractivity contribution in [2.24, 2.45) is 5.41 Å². The molecule has 0 bridgehead atoms. The molecule has 0 aliphatic heterocycles. The second kappa shape index (κ2) is 8.76. The zero-order valence-electron chi connectivity index (χ0n) is 15.9. The molecule has 0 saturated carbocycles. The minimum atomic E-state index is -0.0838. The summed E-state index contributed by atoms with van der Waals surface area (Å²) in [5, 5.41) is 3.35. The number of fused-ring (bicyclic) bond motifs is 1. The first kappa shape index (κ1) is 19.7. The van der Waals surface area contributed by atoms with Crippen molar-refractivity contribution in [2.75, 3.05) is 18.5 Å². The Hall–Kier alpha value is -2.05. The highest BCUT2D eigenvalue weighted by Gasteiger charge is 2.34. The van der Waals surface area contributed by atoms with Crippen LogP contribution >= 0.6 is 11.3 Å². The van der Waals surface area contributed by atoms with Crippen LogP contribution in [0.15, 0.2) is 30.3 Å². The number of ether oxygens (including phenoxy) is 1.